The Hall–Kier alpha value is -0.920. The molecule has 7 heavy (non-hydrogen) atoms. The topological polar surface area (TPSA) is 25.2 Å². The summed E-state index contributed by atoms with van der Waals surface area (Å²) in [5.41, 5.74) is 1.29. The van der Waals surface area contributed by atoms with E-state index in [4.69, 9.17) is 4.42 Å². The van der Waals surface area contributed by atoms with Gasteiger partial charge in [-0.1, -0.05) is 0 Å². The average molecular weight is 95.1 g/mol. The predicted octanol–water partition coefficient (Wildman–Crippen LogP) is 1.21. The van der Waals surface area contributed by atoms with E-state index in [1.54, 1.807) is 6.26 Å². The molecule has 0 amide bonds. The van der Waals surface area contributed by atoms with Crippen molar-refractivity contribution in [3.05, 3.63) is 17.9 Å². The van der Waals surface area contributed by atoms with Gasteiger partial charge >= 0.3 is 0 Å². The second-order valence-corrected chi connectivity index (χ2v) is 1.63. The van der Waals surface area contributed by atoms with Gasteiger partial charge in [0, 0.05) is 12.1 Å². The van der Waals surface area contributed by atoms with Crippen LogP contribution in [0.25, 0.3) is 0 Å². The zero-order valence-electron chi connectivity index (χ0n) is 3.77. The molecule has 0 atom stereocenters. The second kappa shape index (κ2) is 0.832. The lowest BCUT2D eigenvalue weighted by Gasteiger charge is -2.11. The van der Waals surface area contributed by atoms with Crippen LogP contribution in [0.2, 0.25) is 0 Å². The first-order valence-electron chi connectivity index (χ1n) is 2.27. The number of nitrogens with one attached hydrogen (secondary N) is 1. The largest absolute Gasteiger partial charge is 0.449 e. The lowest BCUT2D eigenvalue weighted by molar-refractivity contribution is 0.565. The van der Waals surface area contributed by atoms with Crippen molar-refractivity contribution in [1.82, 2.24) is 0 Å². The normalized spacial score (nSPS) is 14.3. The highest BCUT2D eigenvalue weighted by molar-refractivity contribution is 5.50. The molecule has 0 aromatic carbocycles. The zero-order valence-corrected chi connectivity index (χ0v) is 3.77. The molecule has 1 aromatic rings. The Labute approximate surface area is 41.1 Å². The van der Waals surface area contributed by atoms with E-state index in [1.165, 1.54) is 5.56 Å². The summed E-state index contributed by atoms with van der Waals surface area (Å²) in [5.74, 6) is 0.944. The zero-order chi connectivity index (χ0) is 4.69. The van der Waals surface area contributed by atoms with Crippen molar-refractivity contribution in [1.29, 1.82) is 0 Å². The minimum absolute atomic E-state index is 0.944. The van der Waals surface area contributed by atoms with Crippen molar-refractivity contribution in [3.63, 3.8) is 0 Å². The Bertz CT molecular complexity index is 161. The van der Waals surface area contributed by atoms with Crippen LogP contribution in [-0.4, -0.2) is 0 Å². The van der Waals surface area contributed by atoms with Crippen molar-refractivity contribution >= 4 is 5.88 Å². The molecule has 1 aliphatic rings. The summed E-state index contributed by atoms with van der Waals surface area (Å²) in [6.07, 6.45) is 1.70. The van der Waals surface area contributed by atoms with Gasteiger partial charge in [-0.15, -0.1) is 0 Å². The van der Waals surface area contributed by atoms with Gasteiger partial charge in [0.05, 0.1) is 6.26 Å². The van der Waals surface area contributed by atoms with Crippen molar-refractivity contribution in [2.75, 3.05) is 5.32 Å². The molecule has 0 bridgehead atoms. The van der Waals surface area contributed by atoms with Gasteiger partial charge in [0.15, 0.2) is 5.88 Å². The van der Waals surface area contributed by atoms with Gasteiger partial charge in [-0.05, 0) is 6.07 Å². The van der Waals surface area contributed by atoms with Crippen LogP contribution in [0.3, 0.4) is 0 Å². The van der Waals surface area contributed by atoms with Gasteiger partial charge in [0.1, 0.15) is 0 Å². The van der Waals surface area contributed by atoms with Crippen molar-refractivity contribution < 1.29 is 4.42 Å². The summed E-state index contributed by atoms with van der Waals surface area (Å²) < 4.78 is 4.94. The van der Waals surface area contributed by atoms with Crippen LogP contribution in [0.15, 0.2) is 16.7 Å². The molecule has 0 unspecified atom stereocenters. The van der Waals surface area contributed by atoms with Crippen LogP contribution in [0, 0.1) is 0 Å². The van der Waals surface area contributed by atoms with Crippen LogP contribution in [0.4, 0.5) is 5.88 Å². The predicted molar refractivity (Wildman–Crippen MR) is 26.0 cm³/mol. The maximum atomic E-state index is 4.94. The van der Waals surface area contributed by atoms with E-state index in [9.17, 15) is 0 Å². The number of fused-ring (bicyclic) bond motifs is 1. The molecular weight excluding hydrogens is 90.1 g/mol. The average Bonchev–Trinajstić information content (AvgIpc) is 1.85. The van der Waals surface area contributed by atoms with Crippen LogP contribution < -0.4 is 5.32 Å². The molecule has 0 radical (unpaired) electrons. The molecule has 2 heteroatoms. The molecule has 1 aliphatic heterocycles. The molecule has 36 valence electrons. The summed E-state index contributed by atoms with van der Waals surface area (Å²) in [4.78, 5) is 0. The van der Waals surface area contributed by atoms with E-state index in [-0.39, 0.29) is 0 Å². The Morgan fingerprint density at radius 3 is 3.00 bits per heavy atom. The van der Waals surface area contributed by atoms with E-state index in [0.717, 1.165) is 12.4 Å². The smallest absolute Gasteiger partial charge is 0.197 e. The summed E-state index contributed by atoms with van der Waals surface area (Å²) in [6.45, 7) is 0.978. The molecule has 2 heterocycles. The number of hydrogen-bond acceptors (Lipinski definition) is 2. The molecule has 0 saturated heterocycles. The number of furan rings is 1. The highest BCUT2D eigenvalue weighted by Crippen LogP contribution is 2.25. The van der Waals surface area contributed by atoms with E-state index in [1.807, 2.05) is 6.07 Å². The van der Waals surface area contributed by atoms with E-state index < -0.39 is 0 Å². The van der Waals surface area contributed by atoms with E-state index in [0.29, 0.717) is 0 Å². The minimum atomic E-state index is 0.944. The van der Waals surface area contributed by atoms with Gasteiger partial charge in [0.2, 0.25) is 0 Å². The van der Waals surface area contributed by atoms with Crippen LogP contribution in [-0.2, 0) is 6.54 Å². The lowest BCUT2D eigenvalue weighted by atomic mass is 10.2. The maximum absolute atomic E-state index is 4.94. The summed E-state index contributed by atoms with van der Waals surface area (Å²) in [5, 5.41) is 3.00. The molecule has 0 spiro atoms. The summed E-state index contributed by atoms with van der Waals surface area (Å²) >= 11 is 0. The Kier molecular flexibility index (Phi) is 0.372. The quantitative estimate of drug-likeness (QED) is 0.523. The van der Waals surface area contributed by atoms with E-state index >= 15 is 0 Å². The number of rotatable bonds is 0. The highest BCUT2D eigenvalue weighted by Gasteiger charge is 2.13. The molecule has 0 fully saturated rings. The van der Waals surface area contributed by atoms with Crippen LogP contribution in [0.5, 0.6) is 0 Å². The number of hydrogen-bond donors (Lipinski definition) is 1. The third-order valence-corrected chi connectivity index (χ3v) is 1.19. The van der Waals surface area contributed by atoms with Crippen molar-refractivity contribution in [2.24, 2.45) is 0 Å². The maximum Gasteiger partial charge on any atom is 0.197 e. The third-order valence-electron chi connectivity index (χ3n) is 1.19. The fourth-order valence-electron chi connectivity index (χ4n) is 0.699. The van der Waals surface area contributed by atoms with Crippen LogP contribution >= 0.6 is 0 Å². The molecule has 0 saturated carbocycles. The lowest BCUT2D eigenvalue weighted by Crippen LogP contribution is -2.09. The van der Waals surface area contributed by atoms with Gasteiger partial charge in [0.25, 0.3) is 0 Å². The van der Waals surface area contributed by atoms with Gasteiger partial charge in [-0.2, -0.15) is 0 Å². The Morgan fingerprint density at radius 2 is 2.71 bits per heavy atom. The van der Waals surface area contributed by atoms with Crippen molar-refractivity contribution in [2.45, 2.75) is 6.54 Å². The first-order valence-corrected chi connectivity index (χ1v) is 2.27. The first-order chi connectivity index (χ1) is 3.47. The minimum Gasteiger partial charge on any atom is -0.449 e. The third kappa shape index (κ3) is 0.243. The van der Waals surface area contributed by atoms with Gasteiger partial charge in [-0.3, -0.25) is 0 Å². The first kappa shape index (κ1) is 3.13. The highest BCUT2D eigenvalue weighted by atomic mass is 16.3. The van der Waals surface area contributed by atoms with E-state index in [2.05, 4.69) is 5.32 Å². The van der Waals surface area contributed by atoms with Gasteiger partial charge < -0.3 is 9.73 Å². The standard InChI is InChI=1S/C5H5NO/c1-2-7-5-4(1)3-6-5/h1-2,6H,3H2. The summed E-state index contributed by atoms with van der Waals surface area (Å²) in [7, 11) is 0. The monoisotopic (exact) mass is 95.0 g/mol. The fourth-order valence-corrected chi connectivity index (χ4v) is 0.699. The molecule has 2 nitrogen and oxygen atoms in total. The molecule has 1 N–H and O–H groups in total. The summed E-state index contributed by atoms with van der Waals surface area (Å²) in [6, 6.07) is 1.98. The molecule has 2 rings (SSSR count). The molecule has 1 aromatic heterocycles. The van der Waals surface area contributed by atoms with Crippen molar-refractivity contribution in [3.8, 4) is 0 Å². The van der Waals surface area contributed by atoms with Gasteiger partial charge in [-0.25, -0.2) is 0 Å². The fraction of sp³-hybridized carbons (Fsp3) is 0.200. The molecule has 0 aliphatic carbocycles. The Morgan fingerprint density at radius 1 is 1.71 bits per heavy atom. The number of anilines is 1. The molecular formula is C5H5NO. The Balaban J connectivity index is 2.69. The SMILES string of the molecule is c1cc2c(o1)NC2. The van der Waals surface area contributed by atoms with Crippen LogP contribution in [0.1, 0.15) is 5.56 Å². The second-order valence-electron chi connectivity index (χ2n) is 1.63.